The molecule has 3 rings (SSSR count). The number of sulfone groups is 2. The Morgan fingerprint density at radius 2 is 1.86 bits per heavy atom. The minimum atomic E-state index is -3.77. The second-order valence-corrected chi connectivity index (χ2v) is 11.3. The molecule has 1 aliphatic heterocycles. The van der Waals surface area contributed by atoms with Gasteiger partial charge in [-0.15, -0.1) is 0 Å². The van der Waals surface area contributed by atoms with Crippen LogP contribution in [0.1, 0.15) is 16.8 Å². The van der Waals surface area contributed by atoms with Crippen LogP contribution in [0.3, 0.4) is 0 Å². The molecule has 0 aromatic heterocycles. The van der Waals surface area contributed by atoms with Crippen molar-refractivity contribution in [2.45, 2.75) is 16.6 Å². The number of amides is 1. The third-order valence-electron chi connectivity index (χ3n) is 4.48. The number of rotatable bonds is 5. The molecular weight excluding hydrogens is 426 g/mol. The van der Waals surface area contributed by atoms with Crippen molar-refractivity contribution in [3.05, 3.63) is 53.1 Å². The average molecular weight is 444 g/mol. The minimum Gasteiger partial charge on any atom is -0.495 e. The summed E-state index contributed by atoms with van der Waals surface area (Å²) in [5, 5.41) is 2.06. The number of anilines is 1. The minimum absolute atomic E-state index is 0.00126. The van der Waals surface area contributed by atoms with Gasteiger partial charge in [-0.05, 0) is 48.9 Å². The highest BCUT2D eigenvalue weighted by molar-refractivity contribution is 7.96. The Labute approximate surface area is 168 Å². The fraction of sp³-hybridized carbons (Fsp3) is 0.278. The van der Waals surface area contributed by atoms with Gasteiger partial charge in [-0.1, -0.05) is 11.6 Å². The first-order valence-corrected chi connectivity index (χ1v) is 12.1. The van der Waals surface area contributed by atoms with Crippen LogP contribution in [0.4, 0.5) is 5.69 Å². The molecular formula is C18H18ClNO6S2. The van der Waals surface area contributed by atoms with E-state index in [0.717, 1.165) is 0 Å². The third-order valence-corrected chi connectivity index (χ3v) is 8.97. The lowest BCUT2D eigenvalue weighted by Gasteiger charge is -2.11. The molecule has 1 atom stereocenters. The Hall–Kier alpha value is -2.10. The quantitative estimate of drug-likeness (QED) is 0.761. The van der Waals surface area contributed by atoms with Crippen molar-refractivity contribution in [3.63, 3.8) is 0 Å². The summed E-state index contributed by atoms with van der Waals surface area (Å²) in [6.45, 7) is 0. The second kappa shape index (κ2) is 7.73. The van der Waals surface area contributed by atoms with E-state index in [0.29, 0.717) is 16.5 Å². The standard InChI is InChI=1S/C18H18ClNO6S2/c1-26-17-7-4-13(10-16(17)19)20-18(21)12-2-5-14(6-3-12)28(24,25)15-8-9-27(22,23)11-15/h2-7,10,15H,8-9,11H2,1H3,(H,20,21)/t15-/m1/s1. The van der Waals surface area contributed by atoms with Crippen molar-refractivity contribution in [1.82, 2.24) is 0 Å². The van der Waals surface area contributed by atoms with E-state index in [-0.39, 0.29) is 28.4 Å². The monoisotopic (exact) mass is 443 g/mol. The molecule has 1 aliphatic rings. The van der Waals surface area contributed by atoms with E-state index in [1.807, 2.05) is 0 Å². The number of hydrogen-bond acceptors (Lipinski definition) is 6. The van der Waals surface area contributed by atoms with E-state index in [4.69, 9.17) is 16.3 Å². The summed E-state index contributed by atoms with van der Waals surface area (Å²) in [4.78, 5) is 12.4. The molecule has 0 radical (unpaired) electrons. The Morgan fingerprint density at radius 3 is 2.39 bits per heavy atom. The fourth-order valence-corrected chi connectivity index (χ4v) is 7.56. The molecule has 2 aromatic rings. The van der Waals surface area contributed by atoms with Crippen LogP contribution in [0.15, 0.2) is 47.4 Å². The van der Waals surface area contributed by atoms with Crippen molar-refractivity contribution >= 4 is 42.9 Å². The lowest BCUT2D eigenvalue weighted by molar-refractivity contribution is 0.102. The smallest absolute Gasteiger partial charge is 0.255 e. The van der Waals surface area contributed by atoms with Gasteiger partial charge >= 0.3 is 0 Å². The van der Waals surface area contributed by atoms with Crippen molar-refractivity contribution in [2.24, 2.45) is 0 Å². The molecule has 0 spiro atoms. The van der Waals surface area contributed by atoms with Crippen LogP contribution in [-0.2, 0) is 19.7 Å². The Morgan fingerprint density at radius 1 is 1.18 bits per heavy atom. The summed E-state index contributed by atoms with van der Waals surface area (Å²) in [5.74, 6) is -0.450. The molecule has 0 bridgehead atoms. The first-order valence-electron chi connectivity index (χ1n) is 8.32. The highest BCUT2D eigenvalue weighted by Crippen LogP contribution is 2.28. The van der Waals surface area contributed by atoms with Crippen LogP contribution < -0.4 is 10.1 Å². The summed E-state index contributed by atoms with van der Waals surface area (Å²) in [7, 11) is -5.60. The summed E-state index contributed by atoms with van der Waals surface area (Å²) < 4.78 is 53.4. The predicted octanol–water partition coefficient (Wildman–Crippen LogP) is 2.56. The van der Waals surface area contributed by atoms with Crippen molar-refractivity contribution < 1.29 is 26.4 Å². The maximum absolute atomic E-state index is 12.6. The molecule has 1 saturated heterocycles. The molecule has 150 valence electrons. The van der Waals surface area contributed by atoms with Crippen LogP contribution >= 0.6 is 11.6 Å². The molecule has 1 heterocycles. The van der Waals surface area contributed by atoms with Gasteiger partial charge in [-0.2, -0.15) is 0 Å². The molecule has 2 aromatic carbocycles. The number of nitrogens with one attached hydrogen (secondary N) is 1. The third kappa shape index (κ3) is 4.31. The first kappa shape index (κ1) is 20.6. The molecule has 1 N–H and O–H groups in total. The number of methoxy groups -OCH3 is 1. The second-order valence-electron chi connectivity index (χ2n) is 6.40. The van der Waals surface area contributed by atoms with Crippen molar-refractivity contribution in [3.8, 4) is 5.75 Å². The molecule has 0 aliphatic carbocycles. The number of halogens is 1. The van der Waals surface area contributed by atoms with Crippen LogP contribution in [0, 0.1) is 0 Å². The van der Waals surface area contributed by atoms with Gasteiger partial charge in [0.15, 0.2) is 19.7 Å². The number of carbonyl (C=O) groups is 1. The van der Waals surface area contributed by atoms with E-state index in [1.165, 1.54) is 37.4 Å². The molecule has 28 heavy (non-hydrogen) atoms. The molecule has 0 saturated carbocycles. The lowest BCUT2D eigenvalue weighted by Crippen LogP contribution is -2.22. The average Bonchev–Trinajstić information content (AvgIpc) is 3.02. The zero-order valence-corrected chi connectivity index (χ0v) is 17.3. The first-order chi connectivity index (χ1) is 13.1. The van der Waals surface area contributed by atoms with Gasteiger partial charge in [-0.25, -0.2) is 16.8 Å². The summed E-state index contributed by atoms with van der Waals surface area (Å²) >= 11 is 6.03. The van der Waals surface area contributed by atoms with E-state index >= 15 is 0 Å². The zero-order chi connectivity index (χ0) is 20.5. The summed E-state index contributed by atoms with van der Waals surface area (Å²) in [6.07, 6.45) is 0.0884. The molecule has 10 heteroatoms. The van der Waals surface area contributed by atoms with Gasteiger partial charge in [0.1, 0.15) is 5.75 Å². The molecule has 7 nitrogen and oxygen atoms in total. The SMILES string of the molecule is COc1ccc(NC(=O)c2ccc(S(=O)(=O)[C@@H]3CCS(=O)(=O)C3)cc2)cc1Cl. The Kier molecular flexibility index (Phi) is 5.69. The van der Waals surface area contributed by atoms with E-state index in [9.17, 15) is 21.6 Å². The van der Waals surface area contributed by atoms with E-state index in [2.05, 4.69) is 5.32 Å². The topological polar surface area (TPSA) is 107 Å². The van der Waals surface area contributed by atoms with Crippen molar-refractivity contribution in [1.29, 1.82) is 0 Å². The molecule has 1 amide bonds. The van der Waals surface area contributed by atoms with Gasteiger partial charge in [0.2, 0.25) is 0 Å². The lowest BCUT2D eigenvalue weighted by atomic mass is 10.2. The number of carbonyl (C=O) groups excluding carboxylic acids is 1. The number of ether oxygens (including phenoxy) is 1. The maximum Gasteiger partial charge on any atom is 0.255 e. The van der Waals surface area contributed by atoms with Crippen LogP contribution in [0.5, 0.6) is 5.75 Å². The Balaban J connectivity index is 1.75. The normalized spacial score (nSPS) is 18.6. The van der Waals surface area contributed by atoms with Crippen LogP contribution in [0.2, 0.25) is 5.02 Å². The highest BCUT2D eigenvalue weighted by Gasteiger charge is 2.37. The van der Waals surface area contributed by atoms with Crippen LogP contribution in [-0.4, -0.2) is 46.6 Å². The van der Waals surface area contributed by atoms with Gasteiger partial charge in [0.05, 0.1) is 33.8 Å². The van der Waals surface area contributed by atoms with Gasteiger partial charge < -0.3 is 10.1 Å². The Bertz CT molecular complexity index is 1110. The largest absolute Gasteiger partial charge is 0.495 e. The number of hydrogen-bond donors (Lipinski definition) is 1. The van der Waals surface area contributed by atoms with E-state index in [1.54, 1.807) is 12.1 Å². The summed E-state index contributed by atoms with van der Waals surface area (Å²) in [6, 6.07) is 10.2. The molecule has 1 fully saturated rings. The van der Waals surface area contributed by atoms with E-state index < -0.39 is 30.8 Å². The van der Waals surface area contributed by atoms with Gasteiger partial charge in [-0.3, -0.25) is 4.79 Å². The van der Waals surface area contributed by atoms with Gasteiger partial charge in [0.25, 0.3) is 5.91 Å². The van der Waals surface area contributed by atoms with Gasteiger partial charge in [0, 0.05) is 11.3 Å². The fourth-order valence-electron chi connectivity index (χ4n) is 2.94. The zero-order valence-electron chi connectivity index (χ0n) is 14.9. The predicted molar refractivity (Wildman–Crippen MR) is 107 cm³/mol. The highest BCUT2D eigenvalue weighted by atomic mass is 35.5. The number of benzene rings is 2. The summed E-state index contributed by atoms with van der Waals surface area (Å²) in [5.41, 5.74) is 0.716. The van der Waals surface area contributed by atoms with Crippen molar-refractivity contribution in [2.75, 3.05) is 23.9 Å². The van der Waals surface area contributed by atoms with Crippen LogP contribution in [0.25, 0.3) is 0 Å². The maximum atomic E-state index is 12.6. The molecule has 0 unspecified atom stereocenters.